The van der Waals surface area contributed by atoms with Gasteiger partial charge in [0.15, 0.2) is 0 Å². The van der Waals surface area contributed by atoms with E-state index in [4.69, 9.17) is 11.6 Å². The first-order valence-corrected chi connectivity index (χ1v) is 6.46. The fourth-order valence-corrected chi connectivity index (χ4v) is 2.27. The Hall–Kier alpha value is -2.18. The quantitative estimate of drug-likeness (QED) is 0.720. The first-order valence-electron chi connectivity index (χ1n) is 6.08. The second kappa shape index (κ2) is 5.44. The lowest BCUT2D eigenvalue weighted by Crippen LogP contribution is -2.22. The largest absolute Gasteiger partial charge is 0.395 e. The number of fused-ring (bicyclic) bond motifs is 1. The molecule has 1 aromatic carbocycles. The SMILES string of the molecule is OCCN(c1ccnc(Cl)n1)c1cccc2[nH]ncc12. The topological polar surface area (TPSA) is 77.9 Å². The van der Waals surface area contributed by atoms with Crippen LogP contribution in [0.3, 0.4) is 0 Å². The minimum absolute atomic E-state index is 0.00411. The van der Waals surface area contributed by atoms with E-state index in [-0.39, 0.29) is 11.9 Å². The average molecular weight is 290 g/mol. The summed E-state index contributed by atoms with van der Waals surface area (Å²) >= 11 is 5.84. The number of aliphatic hydroxyl groups is 1. The molecule has 0 saturated heterocycles. The minimum Gasteiger partial charge on any atom is -0.395 e. The highest BCUT2D eigenvalue weighted by Gasteiger charge is 2.14. The van der Waals surface area contributed by atoms with Gasteiger partial charge in [0.25, 0.3) is 0 Å². The molecule has 0 atom stereocenters. The second-order valence-electron chi connectivity index (χ2n) is 4.17. The Morgan fingerprint density at radius 3 is 3.00 bits per heavy atom. The van der Waals surface area contributed by atoms with Crippen LogP contribution in [0.4, 0.5) is 11.5 Å². The molecule has 3 rings (SSSR count). The van der Waals surface area contributed by atoms with Crippen molar-refractivity contribution in [2.75, 3.05) is 18.1 Å². The molecule has 3 aromatic rings. The average Bonchev–Trinajstić information content (AvgIpc) is 2.93. The molecule has 2 N–H and O–H groups in total. The van der Waals surface area contributed by atoms with Gasteiger partial charge in [-0.15, -0.1) is 0 Å². The lowest BCUT2D eigenvalue weighted by atomic mass is 10.2. The number of nitrogens with zero attached hydrogens (tertiary/aromatic N) is 4. The highest BCUT2D eigenvalue weighted by atomic mass is 35.5. The van der Waals surface area contributed by atoms with Gasteiger partial charge in [-0.2, -0.15) is 5.10 Å². The van der Waals surface area contributed by atoms with E-state index in [1.54, 1.807) is 18.5 Å². The van der Waals surface area contributed by atoms with Gasteiger partial charge in [-0.1, -0.05) is 6.07 Å². The molecular weight excluding hydrogens is 278 g/mol. The summed E-state index contributed by atoms with van der Waals surface area (Å²) in [6.07, 6.45) is 3.34. The standard InChI is InChI=1S/C13H12ClN5O/c14-13-15-5-4-12(17-13)19(6-7-20)11-3-1-2-10-9(11)8-16-18-10/h1-5,8,20H,6-7H2,(H,16,18). The Morgan fingerprint density at radius 2 is 2.20 bits per heavy atom. The molecule has 0 unspecified atom stereocenters. The van der Waals surface area contributed by atoms with Crippen LogP contribution in [0.25, 0.3) is 10.9 Å². The van der Waals surface area contributed by atoms with Crippen molar-refractivity contribution in [3.05, 3.63) is 41.9 Å². The van der Waals surface area contributed by atoms with Crippen molar-refractivity contribution in [2.24, 2.45) is 0 Å². The summed E-state index contributed by atoms with van der Waals surface area (Å²) in [6, 6.07) is 7.56. The van der Waals surface area contributed by atoms with Crippen molar-refractivity contribution in [1.82, 2.24) is 20.2 Å². The highest BCUT2D eigenvalue weighted by molar-refractivity contribution is 6.28. The number of hydrogen-bond acceptors (Lipinski definition) is 5. The second-order valence-corrected chi connectivity index (χ2v) is 4.51. The van der Waals surface area contributed by atoms with Gasteiger partial charge in [-0.25, -0.2) is 9.97 Å². The molecule has 0 radical (unpaired) electrons. The van der Waals surface area contributed by atoms with E-state index >= 15 is 0 Å². The first-order chi connectivity index (χ1) is 9.79. The third kappa shape index (κ3) is 2.31. The van der Waals surface area contributed by atoms with Crippen LogP contribution < -0.4 is 4.90 Å². The summed E-state index contributed by atoms with van der Waals surface area (Å²) in [5, 5.41) is 17.4. The minimum atomic E-state index is -0.00411. The molecule has 2 aromatic heterocycles. The van der Waals surface area contributed by atoms with Crippen molar-refractivity contribution in [1.29, 1.82) is 0 Å². The molecule has 0 saturated carbocycles. The number of nitrogens with one attached hydrogen (secondary N) is 1. The Morgan fingerprint density at radius 1 is 1.30 bits per heavy atom. The lowest BCUT2D eigenvalue weighted by molar-refractivity contribution is 0.305. The summed E-state index contributed by atoms with van der Waals surface area (Å²) in [5.74, 6) is 0.632. The Bertz CT molecular complexity index is 729. The van der Waals surface area contributed by atoms with E-state index in [9.17, 15) is 5.11 Å². The van der Waals surface area contributed by atoms with Crippen LogP contribution in [0.5, 0.6) is 0 Å². The number of anilines is 2. The van der Waals surface area contributed by atoms with E-state index in [2.05, 4.69) is 20.2 Å². The van der Waals surface area contributed by atoms with Crippen molar-refractivity contribution in [3.63, 3.8) is 0 Å². The third-order valence-corrected chi connectivity index (χ3v) is 3.15. The Balaban J connectivity index is 2.13. The number of aromatic amines is 1. The van der Waals surface area contributed by atoms with Gasteiger partial charge in [0.05, 0.1) is 24.0 Å². The zero-order valence-electron chi connectivity index (χ0n) is 10.5. The zero-order valence-corrected chi connectivity index (χ0v) is 11.2. The monoisotopic (exact) mass is 289 g/mol. The number of aromatic nitrogens is 4. The van der Waals surface area contributed by atoms with Crippen LogP contribution in [0.1, 0.15) is 0 Å². The molecule has 0 spiro atoms. The van der Waals surface area contributed by atoms with Crippen molar-refractivity contribution >= 4 is 34.0 Å². The Kier molecular flexibility index (Phi) is 3.49. The smallest absolute Gasteiger partial charge is 0.224 e. The van der Waals surface area contributed by atoms with Crippen LogP contribution >= 0.6 is 11.6 Å². The number of hydrogen-bond donors (Lipinski definition) is 2. The number of H-pyrrole nitrogens is 1. The molecular formula is C13H12ClN5O. The van der Waals surface area contributed by atoms with Gasteiger partial charge in [0, 0.05) is 18.1 Å². The predicted octanol–water partition coefficient (Wildman–Crippen LogP) is 2.14. The highest BCUT2D eigenvalue weighted by Crippen LogP contribution is 2.30. The summed E-state index contributed by atoms with van der Waals surface area (Å²) in [4.78, 5) is 9.95. The third-order valence-electron chi connectivity index (χ3n) is 2.96. The van der Waals surface area contributed by atoms with Crippen molar-refractivity contribution in [3.8, 4) is 0 Å². The van der Waals surface area contributed by atoms with Gasteiger partial charge in [-0.05, 0) is 29.8 Å². The van der Waals surface area contributed by atoms with Gasteiger partial charge in [-0.3, -0.25) is 5.10 Å². The van der Waals surface area contributed by atoms with Crippen LogP contribution in [0, 0.1) is 0 Å². The van der Waals surface area contributed by atoms with E-state index in [1.165, 1.54) is 0 Å². The molecule has 0 aliphatic carbocycles. The number of benzene rings is 1. The molecule has 6 nitrogen and oxygen atoms in total. The normalized spacial score (nSPS) is 10.9. The molecule has 0 aliphatic heterocycles. The summed E-state index contributed by atoms with van der Waals surface area (Å²) in [7, 11) is 0. The number of rotatable bonds is 4. The van der Waals surface area contributed by atoms with Crippen molar-refractivity contribution in [2.45, 2.75) is 0 Å². The van der Waals surface area contributed by atoms with Gasteiger partial charge < -0.3 is 10.0 Å². The lowest BCUT2D eigenvalue weighted by Gasteiger charge is -2.23. The number of aliphatic hydroxyl groups excluding tert-OH is 1. The van der Waals surface area contributed by atoms with Gasteiger partial charge >= 0.3 is 0 Å². The van der Waals surface area contributed by atoms with Crippen LogP contribution in [-0.2, 0) is 0 Å². The maximum absolute atomic E-state index is 9.31. The van der Waals surface area contributed by atoms with Crippen molar-refractivity contribution < 1.29 is 5.11 Å². The molecule has 0 fully saturated rings. The van der Waals surface area contributed by atoms with Crippen LogP contribution in [0.15, 0.2) is 36.7 Å². The molecule has 2 heterocycles. The maximum atomic E-state index is 9.31. The van der Waals surface area contributed by atoms with Gasteiger partial charge in [0.2, 0.25) is 5.28 Å². The molecule has 0 bridgehead atoms. The Labute approximate surface area is 120 Å². The summed E-state index contributed by atoms with van der Waals surface area (Å²) in [6.45, 7) is 0.396. The zero-order chi connectivity index (χ0) is 13.9. The predicted molar refractivity (Wildman–Crippen MR) is 77.2 cm³/mol. The van der Waals surface area contributed by atoms with E-state index in [1.807, 2.05) is 23.1 Å². The number of halogens is 1. The van der Waals surface area contributed by atoms with Crippen LogP contribution in [-0.4, -0.2) is 38.4 Å². The summed E-state index contributed by atoms with van der Waals surface area (Å²) in [5.41, 5.74) is 1.82. The molecule has 20 heavy (non-hydrogen) atoms. The first kappa shape index (κ1) is 12.8. The van der Waals surface area contributed by atoms with E-state index in [0.29, 0.717) is 12.4 Å². The molecule has 0 amide bonds. The van der Waals surface area contributed by atoms with E-state index < -0.39 is 0 Å². The fourth-order valence-electron chi connectivity index (χ4n) is 2.12. The summed E-state index contributed by atoms with van der Waals surface area (Å²) < 4.78 is 0. The maximum Gasteiger partial charge on any atom is 0.224 e. The molecule has 0 aliphatic rings. The van der Waals surface area contributed by atoms with E-state index in [0.717, 1.165) is 16.6 Å². The van der Waals surface area contributed by atoms with Crippen LogP contribution in [0.2, 0.25) is 5.28 Å². The van der Waals surface area contributed by atoms with Gasteiger partial charge in [0.1, 0.15) is 5.82 Å². The fraction of sp³-hybridized carbons (Fsp3) is 0.154. The molecule has 102 valence electrons. The molecule has 7 heteroatoms.